The summed E-state index contributed by atoms with van der Waals surface area (Å²) in [4.78, 5) is 18.4. The van der Waals surface area contributed by atoms with Crippen LogP contribution in [0.2, 0.25) is 0 Å². The molecule has 0 radical (unpaired) electrons. The number of carbonyl (C=O) groups is 1. The quantitative estimate of drug-likeness (QED) is 0.872. The molecule has 0 saturated carbocycles. The third-order valence-corrected chi connectivity index (χ3v) is 4.63. The molecule has 6 heteroatoms. The SMILES string of the molecule is CC1(c2cncn2CCC(=O)N2CCOCC2)CCNC1. The highest BCUT2D eigenvalue weighted by atomic mass is 16.5. The van der Waals surface area contributed by atoms with E-state index in [0.29, 0.717) is 26.2 Å². The largest absolute Gasteiger partial charge is 0.378 e. The molecule has 2 fully saturated rings. The normalized spacial score (nSPS) is 26.2. The second-order valence-electron chi connectivity index (χ2n) is 6.20. The lowest BCUT2D eigenvalue weighted by atomic mass is 9.86. The Morgan fingerprint density at radius 3 is 3.00 bits per heavy atom. The number of hydrogen-bond donors (Lipinski definition) is 1. The monoisotopic (exact) mass is 292 g/mol. The first kappa shape index (κ1) is 14.5. The zero-order chi connectivity index (χ0) is 14.7. The highest BCUT2D eigenvalue weighted by molar-refractivity contribution is 5.76. The fourth-order valence-electron chi connectivity index (χ4n) is 3.22. The standard InChI is InChI=1S/C15H24N4O2/c1-15(3-4-16-11-15)13-10-17-12-19(13)5-2-14(20)18-6-8-21-9-7-18/h10,12,16H,2-9,11H2,1H3. The summed E-state index contributed by atoms with van der Waals surface area (Å²) in [5.41, 5.74) is 1.38. The minimum absolute atomic E-state index is 0.137. The highest BCUT2D eigenvalue weighted by Gasteiger charge is 2.33. The Bertz CT molecular complexity index is 488. The molecule has 2 aliphatic rings. The molecule has 1 aromatic heterocycles. The van der Waals surface area contributed by atoms with Crippen molar-refractivity contribution < 1.29 is 9.53 Å². The third-order valence-electron chi connectivity index (χ3n) is 4.63. The van der Waals surface area contributed by atoms with E-state index in [1.807, 2.05) is 17.4 Å². The van der Waals surface area contributed by atoms with Gasteiger partial charge in [0.1, 0.15) is 0 Å². The zero-order valence-electron chi connectivity index (χ0n) is 12.7. The first-order valence-electron chi connectivity index (χ1n) is 7.76. The molecule has 0 aliphatic carbocycles. The molecule has 1 N–H and O–H groups in total. The highest BCUT2D eigenvalue weighted by Crippen LogP contribution is 2.29. The maximum absolute atomic E-state index is 12.2. The lowest BCUT2D eigenvalue weighted by molar-refractivity contribution is -0.135. The Kier molecular flexibility index (Phi) is 4.26. The number of carbonyl (C=O) groups excluding carboxylic acids is 1. The molecule has 1 amide bonds. The summed E-state index contributed by atoms with van der Waals surface area (Å²) in [5, 5.41) is 3.41. The minimum atomic E-state index is 0.137. The van der Waals surface area contributed by atoms with Crippen molar-refractivity contribution in [3.8, 4) is 0 Å². The topological polar surface area (TPSA) is 59.4 Å². The van der Waals surface area contributed by atoms with Gasteiger partial charge in [0.25, 0.3) is 0 Å². The van der Waals surface area contributed by atoms with E-state index in [0.717, 1.165) is 32.6 Å². The number of nitrogens with one attached hydrogen (secondary N) is 1. The van der Waals surface area contributed by atoms with Gasteiger partial charge in [-0.1, -0.05) is 6.92 Å². The Hall–Kier alpha value is -1.40. The summed E-state index contributed by atoms with van der Waals surface area (Å²) in [6, 6.07) is 0. The van der Waals surface area contributed by atoms with Gasteiger partial charge in [0.05, 0.1) is 19.5 Å². The van der Waals surface area contributed by atoms with Gasteiger partial charge in [-0.05, 0) is 13.0 Å². The van der Waals surface area contributed by atoms with Crippen LogP contribution in [0.1, 0.15) is 25.5 Å². The maximum Gasteiger partial charge on any atom is 0.224 e. The molecule has 6 nitrogen and oxygen atoms in total. The van der Waals surface area contributed by atoms with Crippen LogP contribution in [0.3, 0.4) is 0 Å². The van der Waals surface area contributed by atoms with Gasteiger partial charge in [-0.25, -0.2) is 4.98 Å². The molecule has 2 saturated heterocycles. The molecule has 3 heterocycles. The summed E-state index contributed by atoms with van der Waals surface area (Å²) in [7, 11) is 0. The van der Waals surface area contributed by atoms with Crippen molar-refractivity contribution in [3.63, 3.8) is 0 Å². The van der Waals surface area contributed by atoms with E-state index in [9.17, 15) is 4.79 Å². The van der Waals surface area contributed by atoms with Crippen molar-refractivity contribution in [1.82, 2.24) is 19.8 Å². The van der Waals surface area contributed by atoms with E-state index in [1.165, 1.54) is 5.69 Å². The first-order valence-corrected chi connectivity index (χ1v) is 7.76. The van der Waals surface area contributed by atoms with Crippen molar-refractivity contribution in [3.05, 3.63) is 18.2 Å². The lowest BCUT2D eigenvalue weighted by Gasteiger charge is -2.28. The predicted molar refractivity (Wildman–Crippen MR) is 79.1 cm³/mol. The van der Waals surface area contributed by atoms with Gasteiger partial charge in [-0.2, -0.15) is 0 Å². The number of nitrogens with zero attached hydrogens (tertiary/aromatic N) is 3. The fourth-order valence-corrected chi connectivity index (χ4v) is 3.22. The number of aryl methyl sites for hydroxylation is 1. The molecule has 0 bridgehead atoms. The van der Waals surface area contributed by atoms with Crippen molar-refractivity contribution in [2.75, 3.05) is 39.4 Å². The second-order valence-corrected chi connectivity index (χ2v) is 6.20. The van der Waals surface area contributed by atoms with Gasteiger partial charge in [0, 0.05) is 49.9 Å². The number of hydrogen-bond acceptors (Lipinski definition) is 4. The molecule has 0 aromatic carbocycles. The number of imidazole rings is 1. The van der Waals surface area contributed by atoms with Gasteiger partial charge in [0.15, 0.2) is 0 Å². The molecular formula is C15H24N4O2. The van der Waals surface area contributed by atoms with Crippen molar-refractivity contribution in [2.24, 2.45) is 0 Å². The number of amides is 1. The van der Waals surface area contributed by atoms with Crippen LogP contribution in [0.4, 0.5) is 0 Å². The summed E-state index contributed by atoms with van der Waals surface area (Å²) in [5.74, 6) is 0.215. The second kappa shape index (κ2) is 6.15. The van der Waals surface area contributed by atoms with Crippen LogP contribution < -0.4 is 5.32 Å². The predicted octanol–water partition coefficient (Wildman–Crippen LogP) is 0.383. The van der Waals surface area contributed by atoms with Gasteiger partial charge in [-0.3, -0.25) is 4.79 Å². The molecule has 0 spiro atoms. The lowest BCUT2D eigenvalue weighted by Crippen LogP contribution is -2.41. The Morgan fingerprint density at radius 2 is 2.29 bits per heavy atom. The van der Waals surface area contributed by atoms with E-state index in [-0.39, 0.29) is 11.3 Å². The van der Waals surface area contributed by atoms with Crippen LogP contribution >= 0.6 is 0 Å². The van der Waals surface area contributed by atoms with Gasteiger partial charge >= 0.3 is 0 Å². The van der Waals surface area contributed by atoms with E-state index in [4.69, 9.17) is 4.74 Å². The van der Waals surface area contributed by atoms with Gasteiger partial charge < -0.3 is 19.5 Å². The number of rotatable bonds is 4. The summed E-state index contributed by atoms with van der Waals surface area (Å²) in [6.45, 7) is 7.77. The van der Waals surface area contributed by atoms with Crippen LogP contribution in [0.5, 0.6) is 0 Å². The first-order chi connectivity index (χ1) is 10.2. The molecule has 1 atom stereocenters. The molecule has 2 aliphatic heterocycles. The van der Waals surface area contributed by atoms with Crippen molar-refractivity contribution in [2.45, 2.75) is 31.7 Å². The zero-order valence-corrected chi connectivity index (χ0v) is 12.7. The van der Waals surface area contributed by atoms with Crippen molar-refractivity contribution in [1.29, 1.82) is 0 Å². The molecular weight excluding hydrogens is 268 g/mol. The third kappa shape index (κ3) is 3.11. The van der Waals surface area contributed by atoms with Crippen LogP contribution in [0.15, 0.2) is 12.5 Å². The fraction of sp³-hybridized carbons (Fsp3) is 0.733. The summed E-state index contributed by atoms with van der Waals surface area (Å²) < 4.78 is 7.43. The molecule has 1 aromatic rings. The molecule has 1 unspecified atom stereocenters. The van der Waals surface area contributed by atoms with E-state index < -0.39 is 0 Å². The number of aromatic nitrogens is 2. The Morgan fingerprint density at radius 1 is 1.48 bits per heavy atom. The smallest absolute Gasteiger partial charge is 0.224 e. The van der Waals surface area contributed by atoms with Crippen LogP contribution in [-0.4, -0.2) is 59.8 Å². The average molecular weight is 292 g/mol. The van der Waals surface area contributed by atoms with E-state index in [2.05, 4.69) is 21.8 Å². The Balaban J connectivity index is 1.61. The molecule has 116 valence electrons. The summed E-state index contributed by atoms with van der Waals surface area (Å²) >= 11 is 0. The van der Waals surface area contributed by atoms with Gasteiger partial charge in [-0.15, -0.1) is 0 Å². The Labute approximate surface area is 125 Å². The number of ether oxygens (including phenoxy) is 1. The summed E-state index contributed by atoms with van der Waals surface area (Å²) in [6.07, 6.45) is 5.46. The van der Waals surface area contributed by atoms with Crippen LogP contribution in [-0.2, 0) is 21.5 Å². The van der Waals surface area contributed by atoms with E-state index >= 15 is 0 Å². The minimum Gasteiger partial charge on any atom is -0.378 e. The number of morpholine rings is 1. The molecule has 3 rings (SSSR count). The van der Waals surface area contributed by atoms with E-state index in [1.54, 1.807) is 0 Å². The van der Waals surface area contributed by atoms with Crippen LogP contribution in [0, 0.1) is 0 Å². The average Bonchev–Trinajstić information content (AvgIpc) is 3.15. The van der Waals surface area contributed by atoms with Gasteiger partial charge in [0.2, 0.25) is 5.91 Å². The maximum atomic E-state index is 12.2. The van der Waals surface area contributed by atoms with Crippen LogP contribution in [0.25, 0.3) is 0 Å². The van der Waals surface area contributed by atoms with Crippen molar-refractivity contribution >= 4 is 5.91 Å². The molecule has 21 heavy (non-hydrogen) atoms.